The summed E-state index contributed by atoms with van der Waals surface area (Å²) in [5, 5.41) is 11.3. The molecule has 0 saturated carbocycles. The average molecular weight is 336 g/mol. The van der Waals surface area contributed by atoms with Gasteiger partial charge in [0.15, 0.2) is 0 Å². The summed E-state index contributed by atoms with van der Waals surface area (Å²) in [4.78, 5) is 14.7. The standard InChI is InChI=1S/C16H24N2O4Si/c1-6-12-11(2)21-15(9-16(12)22-23(3,4)5)13-7-8-17-10-14(13)18(19)20/h7-8,10-11,15H,6,9H2,1-5H3. The highest BCUT2D eigenvalue weighted by molar-refractivity contribution is 6.70. The Labute approximate surface area is 137 Å². The molecule has 1 aromatic heterocycles. The Bertz CT molecular complexity index is 625. The third-order valence-electron chi connectivity index (χ3n) is 3.77. The van der Waals surface area contributed by atoms with Crippen LogP contribution in [0, 0.1) is 10.1 Å². The first-order valence-corrected chi connectivity index (χ1v) is 11.3. The number of hydrogen-bond donors (Lipinski definition) is 0. The second-order valence-electron chi connectivity index (χ2n) is 6.68. The predicted octanol–water partition coefficient (Wildman–Crippen LogP) is 4.36. The van der Waals surface area contributed by atoms with Crippen LogP contribution in [-0.2, 0) is 9.16 Å². The lowest BCUT2D eigenvalue weighted by atomic mass is 9.96. The zero-order chi connectivity index (χ0) is 17.2. The molecule has 0 spiro atoms. The van der Waals surface area contributed by atoms with Crippen molar-refractivity contribution >= 4 is 14.0 Å². The van der Waals surface area contributed by atoms with Gasteiger partial charge in [-0.25, -0.2) is 0 Å². The number of hydrogen-bond acceptors (Lipinski definition) is 5. The van der Waals surface area contributed by atoms with Gasteiger partial charge in [0.2, 0.25) is 8.32 Å². The molecule has 0 fully saturated rings. The highest BCUT2D eigenvalue weighted by Crippen LogP contribution is 2.40. The van der Waals surface area contributed by atoms with Crippen molar-refractivity contribution in [3.63, 3.8) is 0 Å². The summed E-state index contributed by atoms with van der Waals surface area (Å²) < 4.78 is 12.3. The normalized spacial score (nSPS) is 22.1. The van der Waals surface area contributed by atoms with Gasteiger partial charge < -0.3 is 9.16 Å². The zero-order valence-electron chi connectivity index (χ0n) is 14.3. The Hall–Kier alpha value is -1.73. The third-order valence-corrected chi connectivity index (χ3v) is 4.63. The summed E-state index contributed by atoms with van der Waals surface area (Å²) in [5.74, 6) is 0.946. The van der Waals surface area contributed by atoms with Crippen molar-refractivity contribution < 1.29 is 14.1 Å². The maximum Gasteiger partial charge on any atom is 0.293 e. The molecule has 0 radical (unpaired) electrons. The minimum absolute atomic E-state index is 0.00278. The van der Waals surface area contributed by atoms with Gasteiger partial charge in [0.05, 0.1) is 28.5 Å². The quantitative estimate of drug-likeness (QED) is 0.454. The van der Waals surface area contributed by atoms with E-state index in [9.17, 15) is 10.1 Å². The summed E-state index contributed by atoms with van der Waals surface area (Å²) in [5.41, 5.74) is 1.71. The molecule has 1 aliphatic heterocycles. The van der Waals surface area contributed by atoms with Gasteiger partial charge in [0.25, 0.3) is 5.69 Å². The van der Waals surface area contributed by atoms with Crippen molar-refractivity contribution in [2.75, 3.05) is 0 Å². The van der Waals surface area contributed by atoms with Gasteiger partial charge in [-0.1, -0.05) is 6.92 Å². The van der Waals surface area contributed by atoms with Gasteiger partial charge in [0.1, 0.15) is 6.20 Å². The maximum absolute atomic E-state index is 11.3. The number of aromatic nitrogens is 1. The van der Waals surface area contributed by atoms with Crippen LogP contribution in [0.4, 0.5) is 5.69 Å². The molecule has 0 amide bonds. The summed E-state index contributed by atoms with van der Waals surface area (Å²) in [6, 6.07) is 1.67. The van der Waals surface area contributed by atoms with Gasteiger partial charge in [0, 0.05) is 12.6 Å². The van der Waals surface area contributed by atoms with E-state index in [4.69, 9.17) is 9.16 Å². The molecule has 0 bridgehead atoms. The Balaban J connectivity index is 2.38. The monoisotopic (exact) mass is 336 g/mol. The Morgan fingerprint density at radius 1 is 1.48 bits per heavy atom. The summed E-state index contributed by atoms with van der Waals surface area (Å²) in [6.07, 6.45) is 3.73. The number of pyridine rings is 1. The van der Waals surface area contributed by atoms with Crippen molar-refractivity contribution in [2.24, 2.45) is 0 Å². The molecule has 2 unspecified atom stereocenters. The molecule has 23 heavy (non-hydrogen) atoms. The van der Waals surface area contributed by atoms with Crippen molar-refractivity contribution in [1.29, 1.82) is 0 Å². The molecule has 6 nitrogen and oxygen atoms in total. The SMILES string of the molecule is CCC1=C(O[Si](C)(C)C)CC(c2ccncc2[N+](=O)[O-])OC1C. The minimum atomic E-state index is -1.76. The maximum atomic E-state index is 11.3. The fraction of sp³-hybridized carbons (Fsp3) is 0.562. The zero-order valence-corrected chi connectivity index (χ0v) is 15.3. The smallest absolute Gasteiger partial charge is 0.293 e. The van der Waals surface area contributed by atoms with E-state index in [1.54, 1.807) is 12.3 Å². The largest absolute Gasteiger partial charge is 0.547 e. The molecule has 2 rings (SSSR count). The Kier molecular flexibility index (Phi) is 5.21. The Morgan fingerprint density at radius 3 is 2.74 bits per heavy atom. The highest BCUT2D eigenvalue weighted by atomic mass is 28.4. The van der Waals surface area contributed by atoms with E-state index in [2.05, 4.69) is 31.5 Å². The molecule has 1 aromatic rings. The van der Waals surface area contributed by atoms with Crippen LogP contribution in [0.2, 0.25) is 19.6 Å². The number of nitrogens with zero attached hydrogens (tertiary/aromatic N) is 2. The molecular formula is C16H24N2O4Si. The first kappa shape index (κ1) is 17.6. The summed E-state index contributed by atoms with van der Waals surface area (Å²) >= 11 is 0. The highest BCUT2D eigenvalue weighted by Gasteiger charge is 2.34. The van der Waals surface area contributed by atoms with Crippen LogP contribution in [0.1, 0.15) is 38.4 Å². The van der Waals surface area contributed by atoms with E-state index in [1.807, 2.05) is 6.92 Å². The molecule has 126 valence electrons. The van der Waals surface area contributed by atoms with Gasteiger partial charge in [-0.2, -0.15) is 0 Å². The lowest BCUT2D eigenvalue weighted by Crippen LogP contribution is -2.31. The van der Waals surface area contributed by atoms with Gasteiger partial charge in [-0.05, 0) is 44.6 Å². The molecule has 0 aromatic carbocycles. The molecular weight excluding hydrogens is 312 g/mol. The molecule has 2 atom stereocenters. The summed E-state index contributed by atoms with van der Waals surface area (Å²) in [6.45, 7) is 10.5. The lowest BCUT2D eigenvalue weighted by Gasteiger charge is -2.35. The molecule has 2 heterocycles. The third kappa shape index (κ3) is 4.17. The molecule has 0 saturated heterocycles. The van der Waals surface area contributed by atoms with Crippen LogP contribution in [0.3, 0.4) is 0 Å². The van der Waals surface area contributed by atoms with Crippen molar-refractivity contribution in [2.45, 2.75) is 58.5 Å². The van der Waals surface area contributed by atoms with E-state index < -0.39 is 13.2 Å². The number of nitro groups is 1. The van der Waals surface area contributed by atoms with Gasteiger partial charge in [-0.15, -0.1) is 0 Å². The van der Waals surface area contributed by atoms with Crippen LogP contribution in [-0.4, -0.2) is 24.3 Å². The van der Waals surface area contributed by atoms with Crippen LogP contribution in [0.5, 0.6) is 0 Å². The van der Waals surface area contributed by atoms with E-state index in [0.29, 0.717) is 12.0 Å². The lowest BCUT2D eigenvalue weighted by molar-refractivity contribution is -0.386. The average Bonchev–Trinajstić information content (AvgIpc) is 2.45. The van der Waals surface area contributed by atoms with Crippen LogP contribution in [0.25, 0.3) is 0 Å². The van der Waals surface area contributed by atoms with Gasteiger partial charge >= 0.3 is 0 Å². The van der Waals surface area contributed by atoms with Crippen LogP contribution < -0.4 is 0 Å². The van der Waals surface area contributed by atoms with Crippen molar-refractivity contribution in [1.82, 2.24) is 4.98 Å². The molecule has 0 aliphatic carbocycles. The fourth-order valence-corrected chi connectivity index (χ4v) is 3.82. The fourth-order valence-electron chi connectivity index (χ4n) is 2.87. The van der Waals surface area contributed by atoms with E-state index in [1.165, 1.54) is 6.20 Å². The second kappa shape index (κ2) is 6.80. The Morgan fingerprint density at radius 2 is 2.17 bits per heavy atom. The van der Waals surface area contributed by atoms with E-state index in [0.717, 1.165) is 17.8 Å². The molecule has 0 N–H and O–H groups in total. The van der Waals surface area contributed by atoms with Crippen LogP contribution in [0.15, 0.2) is 29.8 Å². The minimum Gasteiger partial charge on any atom is -0.547 e. The second-order valence-corrected chi connectivity index (χ2v) is 11.1. The first-order valence-electron chi connectivity index (χ1n) is 7.87. The van der Waals surface area contributed by atoms with E-state index in [-0.39, 0.29) is 17.9 Å². The predicted molar refractivity (Wildman–Crippen MR) is 90.5 cm³/mol. The van der Waals surface area contributed by atoms with E-state index >= 15 is 0 Å². The van der Waals surface area contributed by atoms with Crippen LogP contribution >= 0.6 is 0 Å². The van der Waals surface area contributed by atoms with Gasteiger partial charge in [-0.3, -0.25) is 15.1 Å². The first-order chi connectivity index (χ1) is 10.7. The van der Waals surface area contributed by atoms with Crippen molar-refractivity contribution in [3.8, 4) is 0 Å². The topological polar surface area (TPSA) is 74.5 Å². The summed E-state index contributed by atoms with van der Waals surface area (Å²) in [7, 11) is -1.76. The molecule has 1 aliphatic rings. The van der Waals surface area contributed by atoms with Crippen molar-refractivity contribution in [3.05, 3.63) is 45.5 Å². The number of rotatable bonds is 5. The number of ether oxygens (including phenoxy) is 1. The molecule has 7 heteroatoms.